The van der Waals surface area contributed by atoms with Crippen molar-refractivity contribution in [1.29, 1.82) is 5.41 Å². The van der Waals surface area contributed by atoms with Crippen LogP contribution in [0.3, 0.4) is 0 Å². The molecule has 10 heteroatoms. The lowest BCUT2D eigenvalue weighted by Crippen LogP contribution is -2.31. The molecule has 0 aliphatic carbocycles. The summed E-state index contributed by atoms with van der Waals surface area (Å²) < 4.78 is 6.28. The molecule has 0 saturated heterocycles. The summed E-state index contributed by atoms with van der Waals surface area (Å²) in [6.45, 7) is 2.62. The summed E-state index contributed by atoms with van der Waals surface area (Å²) >= 11 is 9.37. The molecule has 6 N–H and O–H groups in total. The highest BCUT2D eigenvalue weighted by Crippen LogP contribution is 2.37. The molecule has 0 spiro atoms. The minimum Gasteiger partial charge on any atom is -0.463 e. The van der Waals surface area contributed by atoms with Crippen LogP contribution in [0.15, 0.2) is 64.1 Å². The molecule has 1 heterocycles. The number of hydrogen-bond donors (Lipinski definition) is 4. The minimum absolute atomic E-state index is 0.120. The number of halogens is 2. The van der Waals surface area contributed by atoms with Gasteiger partial charge in [0.25, 0.3) is 5.91 Å². The number of carbonyl (C=O) groups is 1. The van der Waals surface area contributed by atoms with Crippen LogP contribution in [0.4, 0.5) is 11.4 Å². The van der Waals surface area contributed by atoms with Gasteiger partial charge in [0.15, 0.2) is 0 Å². The van der Waals surface area contributed by atoms with Crippen LogP contribution in [-0.4, -0.2) is 30.2 Å². The first-order valence-corrected chi connectivity index (χ1v) is 10.1. The molecule has 0 bridgehead atoms. The van der Waals surface area contributed by atoms with Gasteiger partial charge in [-0.3, -0.25) is 9.78 Å². The fraction of sp³-hybridized carbons (Fsp3) is 0.150. The van der Waals surface area contributed by atoms with Crippen LogP contribution >= 0.6 is 27.5 Å². The Labute approximate surface area is 188 Å². The zero-order chi connectivity index (χ0) is 22.1. The van der Waals surface area contributed by atoms with Crippen LogP contribution in [-0.2, 0) is 0 Å². The Morgan fingerprint density at radius 2 is 2.20 bits per heavy atom. The van der Waals surface area contributed by atoms with Crippen LogP contribution in [0, 0.1) is 5.41 Å². The number of amides is 1. The average molecular weight is 494 g/mol. The van der Waals surface area contributed by atoms with Crippen molar-refractivity contribution in [3.05, 3.63) is 69.6 Å². The summed E-state index contributed by atoms with van der Waals surface area (Å²) in [6.07, 6.45) is 6.98. The largest absolute Gasteiger partial charge is 0.463 e. The van der Waals surface area contributed by atoms with E-state index in [1.165, 1.54) is 23.5 Å². The molecular formula is C20H22BrClN6O2. The van der Waals surface area contributed by atoms with Crippen LogP contribution in [0.5, 0.6) is 5.75 Å². The third kappa shape index (κ3) is 6.31. The van der Waals surface area contributed by atoms with Crippen molar-refractivity contribution in [2.24, 2.45) is 5.84 Å². The number of hydrogen-bond acceptors (Lipinski definition) is 7. The summed E-state index contributed by atoms with van der Waals surface area (Å²) in [7, 11) is 0. The Hall–Kier alpha value is -2.88. The molecule has 30 heavy (non-hydrogen) atoms. The van der Waals surface area contributed by atoms with Gasteiger partial charge in [0.2, 0.25) is 0 Å². The Balaban J connectivity index is 2.20. The molecule has 0 atom stereocenters. The number of hydrazine groups is 1. The number of carbonyl (C=O) groups excluding carboxylic acids is 1. The van der Waals surface area contributed by atoms with Crippen molar-refractivity contribution >= 4 is 51.0 Å². The van der Waals surface area contributed by atoms with Crippen LogP contribution in [0.1, 0.15) is 17.3 Å². The molecule has 0 radical (unpaired) electrons. The number of nitrogen functional groups attached to an aromatic ring is 1. The molecule has 0 saturated carbocycles. The molecule has 0 fully saturated rings. The number of ether oxygens (including phenoxy) is 1. The van der Waals surface area contributed by atoms with Crippen molar-refractivity contribution in [2.75, 3.05) is 23.8 Å². The van der Waals surface area contributed by atoms with Gasteiger partial charge in [-0.05, 0) is 53.2 Å². The lowest BCUT2D eigenvalue weighted by molar-refractivity contribution is 0.0957. The first-order valence-electron chi connectivity index (χ1n) is 8.89. The summed E-state index contributed by atoms with van der Waals surface area (Å²) in [6, 6.07) is 6.79. The first kappa shape index (κ1) is 23.4. The maximum absolute atomic E-state index is 12.2. The SMILES string of the molecule is CCN(N)c1ccc(O/C=C(/C=C(/Cl)C=N)CNC(=O)c2cccnc2)c(Br)c1N. The number of allylic oxidation sites excluding steroid dienone is 1. The predicted octanol–water partition coefficient (Wildman–Crippen LogP) is 3.59. The fourth-order valence-corrected chi connectivity index (χ4v) is 2.91. The van der Waals surface area contributed by atoms with Crippen molar-refractivity contribution < 1.29 is 9.53 Å². The van der Waals surface area contributed by atoms with Crippen LogP contribution in [0.2, 0.25) is 0 Å². The van der Waals surface area contributed by atoms with E-state index in [-0.39, 0.29) is 17.5 Å². The maximum Gasteiger partial charge on any atom is 0.253 e. The van der Waals surface area contributed by atoms with Gasteiger partial charge in [0.1, 0.15) is 5.75 Å². The molecule has 1 amide bonds. The zero-order valence-electron chi connectivity index (χ0n) is 16.2. The highest BCUT2D eigenvalue weighted by Gasteiger charge is 2.13. The first-order chi connectivity index (χ1) is 14.4. The number of nitrogens with two attached hydrogens (primary N) is 2. The summed E-state index contributed by atoms with van der Waals surface area (Å²) in [4.78, 5) is 16.2. The van der Waals surface area contributed by atoms with Gasteiger partial charge in [-0.25, -0.2) is 5.84 Å². The third-order valence-corrected chi connectivity index (χ3v) is 4.98. The lowest BCUT2D eigenvalue weighted by Gasteiger charge is -2.20. The molecule has 2 aromatic rings. The number of aromatic nitrogens is 1. The molecule has 1 aromatic carbocycles. The number of nitrogens with one attached hydrogen (secondary N) is 2. The third-order valence-electron chi connectivity index (χ3n) is 3.95. The Kier molecular flexibility index (Phi) is 8.85. The summed E-state index contributed by atoms with van der Waals surface area (Å²) in [5, 5.41) is 11.7. The van der Waals surface area contributed by atoms with E-state index in [0.717, 1.165) is 6.21 Å². The Bertz CT molecular complexity index is 965. The van der Waals surface area contributed by atoms with Crippen molar-refractivity contribution in [3.63, 3.8) is 0 Å². The van der Waals surface area contributed by atoms with E-state index in [0.29, 0.717) is 39.3 Å². The lowest BCUT2D eigenvalue weighted by atomic mass is 10.2. The number of benzene rings is 1. The molecule has 8 nitrogen and oxygen atoms in total. The van der Waals surface area contributed by atoms with Gasteiger partial charge >= 0.3 is 0 Å². The van der Waals surface area contributed by atoms with E-state index < -0.39 is 0 Å². The van der Waals surface area contributed by atoms with Crippen molar-refractivity contribution in [3.8, 4) is 5.75 Å². The standard InChI is InChI=1S/C20H22BrClN6O2/c1-2-28(25)16-5-6-17(18(21)19(16)24)30-12-13(8-15(22)9-23)10-27-20(29)14-4-3-7-26-11-14/h3-9,11-12,23H,2,10,24-25H2,1H3,(H,27,29)/b13-12-,15-8+,23-9?. The monoisotopic (exact) mass is 492 g/mol. The Morgan fingerprint density at radius 3 is 2.83 bits per heavy atom. The minimum atomic E-state index is -0.300. The number of rotatable bonds is 9. The maximum atomic E-state index is 12.2. The molecule has 0 aliphatic rings. The van der Waals surface area contributed by atoms with E-state index in [9.17, 15) is 4.79 Å². The van der Waals surface area contributed by atoms with E-state index in [2.05, 4.69) is 26.2 Å². The van der Waals surface area contributed by atoms with Gasteiger partial charge in [-0.1, -0.05) is 11.6 Å². The fourth-order valence-electron chi connectivity index (χ4n) is 2.34. The molecule has 0 aliphatic heterocycles. The van der Waals surface area contributed by atoms with Crippen molar-refractivity contribution in [1.82, 2.24) is 10.3 Å². The second kappa shape index (κ2) is 11.3. The topological polar surface area (TPSA) is 130 Å². The highest BCUT2D eigenvalue weighted by atomic mass is 79.9. The van der Waals surface area contributed by atoms with Gasteiger partial charge in [-0.15, -0.1) is 0 Å². The van der Waals surface area contributed by atoms with Crippen molar-refractivity contribution in [2.45, 2.75) is 6.92 Å². The summed E-state index contributed by atoms with van der Waals surface area (Å²) in [5.74, 6) is 6.07. The quantitative estimate of drug-likeness (QED) is 0.105. The van der Waals surface area contributed by atoms with Gasteiger partial charge in [0, 0.05) is 37.3 Å². The Morgan fingerprint density at radius 1 is 1.43 bits per heavy atom. The van der Waals surface area contributed by atoms with E-state index in [1.54, 1.807) is 30.5 Å². The molecule has 0 unspecified atom stereocenters. The normalized spacial score (nSPS) is 11.7. The number of nitrogens with zero attached hydrogens (tertiary/aromatic N) is 2. The predicted molar refractivity (Wildman–Crippen MR) is 124 cm³/mol. The van der Waals surface area contributed by atoms with Gasteiger partial charge < -0.3 is 26.2 Å². The molecule has 1 aromatic heterocycles. The smallest absolute Gasteiger partial charge is 0.253 e. The molecule has 158 valence electrons. The second-order valence-electron chi connectivity index (χ2n) is 6.01. The van der Waals surface area contributed by atoms with Crippen LogP contribution in [0.25, 0.3) is 0 Å². The van der Waals surface area contributed by atoms with E-state index in [1.807, 2.05) is 6.92 Å². The zero-order valence-corrected chi connectivity index (χ0v) is 18.6. The number of anilines is 2. The van der Waals surface area contributed by atoms with E-state index >= 15 is 0 Å². The number of pyridine rings is 1. The van der Waals surface area contributed by atoms with Gasteiger partial charge in [-0.2, -0.15) is 0 Å². The van der Waals surface area contributed by atoms with Gasteiger partial charge in [0.05, 0.1) is 32.7 Å². The average Bonchev–Trinajstić information content (AvgIpc) is 2.77. The summed E-state index contributed by atoms with van der Waals surface area (Å²) in [5.41, 5.74) is 8.19. The second-order valence-corrected chi connectivity index (χ2v) is 7.23. The van der Waals surface area contributed by atoms with E-state index in [4.69, 9.17) is 33.3 Å². The molecular weight excluding hydrogens is 472 g/mol. The van der Waals surface area contributed by atoms with Crippen LogP contribution < -0.4 is 26.6 Å². The highest BCUT2D eigenvalue weighted by molar-refractivity contribution is 9.10. The molecule has 2 rings (SSSR count).